The van der Waals surface area contributed by atoms with Gasteiger partial charge in [0.05, 0.1) is 30.1 Å². The zero-order chi connectivity index (χ0) is 18.4. The van der Waals surface area contributed by atoms with E-state index in [0.29, 0.717) is 10.6 Å². The Kier molecular flexibility index (Phi) is 2.55. The Morgan fingerprint density at radius 2 is 2.36 bits per heavy atom. The van der Waals surface area contributed by atoms with Crippen molar-refractivity contribution in [2.24, 2.45) is 0 Å². The van der Waals surface area contributed by atoms with Crippen LogP contribution < -0.4 is 0 Å². The maximum atomic E-state index is 12.7. The van der Waals surface area contributed by atoms with Gasteiger partial charge in [0.1, 0.15) is 12.1 Å². The van der Waals surface area contributed by atoms with Gasteiger partial charge in [-0.25, -0.2) is 9.78 Å². The van der Waals surface area contributed by atoms with E-state index in [2.05, 4.69) is 4.98 Å². The summed E-state index contributed by atoms with van der Waals surface area (Å²) in [6.45, 7) is -1.30. The van der Waals surface area contributed by atoms with E-state index in [1.165, 1.54) is 29.1 Å². The molecule has 1 aromatic carbocycles. The fourth-order valence-electron chi connectivity index (χ4n) is 2.37. The van der Waals surface area contributed by atoms with Crippen molar-refractivity contribution in [3.8, 4) is 11.4 Å². The molecule has 3 rings (SSSR count). The molecule has 7 heteroatoms. The number of amides is 1. The summed E-state index contributed by atoms with van der Waals surface area (Å²) in [6, 6.07) is 4.02. The highest BCUT2D eigenvalue weighted by Gasteiger charge is 2.29. The van der Waals surface area contributed by atoms with Gasteiger partial charge in [0, 0.05) is 11.1 Å². The standard InChI is InChI=1S/C15H15N3O4/c1-3-22-15(21)13-12-7-17(2)14(20)10-6-9(19)4-5-11(10)18(12)8-16-13/h4-6,8,19H,3,7H2,1-2H3/i2D3. The number of benzene rings is 1. The molecular formula is C15H15N3O4. The Bertz CT molecular complexity index is 860. The number of nitrogens with zero attached hydrogens (tertiary/aromatic N) is 3. The predicted molar refractivity (Wildman–Crippen MR) is 77.0 cm³/mol. The maximum absolute atomic E-state index is 12.7. The molecule has 0 unspecified atom stereocenters. The van der Waals surface area contributed by atoms with Crippen LogP contribution in [0.1, 0.15) is 37.6 Å². The van der Waals surface area contributed by atoms with Crippen LogP contribution in [0.2, 0.25) is 0 Å². The summed E-state index contributed by atoms with van der Waals surface area (Å²) in [5.41, 5.74) is 0.507. The molecule has 0 bridgehead atoms. The number of carbonyl (C=O) groups excluding carboxylic acids is 2. The number of aromatic hydroxyl groups is 1. The zero-order valence-corrected chi connectivity index (χ0v) is 11.7. The smallest absolute Gasteiger partial charge is 0.358 e. The van der Waals surface area contributed by atoms with Gasteiger partial charge in [-0.3, -0.25) is 9.36 Å². The van der Waals surface area contributed by atoms with Crippen LogP contribution in [-0.2, 0) is 11.3 Å². The molecule has 1 amide bonds. The maximum Gasteiger partial charge on any atom is 0.358 e. The Balaban J connectivity index is 2.24. The molecule has 0 saturated heterocycles. The van der Waals surface area contributed by atoms with Crippen molar-refractivity contribution in [3.63, 3.8) is 0 Å². The van der Waals surface area contributed by atoms with Gasteiger partial charge in [-0.1, -0.05) is 0 Å². The summed E-state index contributed by atoms with van der Waals surface area (Å²) in [5, 5.41) is 9.69. The highest BCUT2D eigenvalue weighted by atomic mass is 16.5. The third-order valence-electron chi connectivity index (χ3n) is 3.36. The minimum Gasteiger partial charge on any atom is -0.508 e. The summed E-state index contributed by atoms with van der Waals surface area (Å²) in [5.74, 6) is -1.65. The van der Waals surface area contributed by atoms with E-state index in [4.69, 9.17) is 8.85 Å². The number of phenolic OH excluding ortho intramolecular Hbond substituents is 1. The SMILES string of the molecule is [2H]C([2H])([2H])N1Cc2c(C(=O)OCC)ncn2-c2ccc(O)cc2C1=O. The van der Waals surface area contributed by atoms with Crippen LogP contribution in [0.5, 0.6) is 5.75 Å². The van der Waals surface area contributed by atoms with E-state index in [-0.39, 0.29) is 35.9 Å². The molecule has 1 aromatic heterocycles. The van der Waals surface area contributed by atoms with Crippen LogP contribution in [-0.4, -0.2) is 45.0 Å². The summed E-state index contributed by atoms with van der Waals surface area (Å²) < 4.78 is 29.3. The fourth-order valence-corrected chi connectivity index (χ4v) is 2.37. The van der Waals surface area contributed by atoms with E-state index in [9.17, 15) is 14.7 Å². The molecule has 1 aliphatic rings. The van der Waals surface area contributed by atoms with Gasteiger partial charge in [-0.05, 0) is 25.1 Å². The third kappa shape index (κ3) is 2.11. The number of phenols is 1. The molecule has 0 atom stereocenters. The molecule has 0 radical (unpaired) electrons. The van der Waals surface area contributed by atoms with Crippen LogP contribution in [0, 0.1) is 0 Å². The van der Waals surface area contributed by atoms with Gasteiger partial charge in [0.25, 0.3) is 5.91 Å². The second-order valence-corrected chi connectivity index (χ2v) is 4.72. The molecule has 1 N–H and O–H groups in total. The zero-order valence-electron chi connectivity index (χ0n) is 14.7. The molecule has 2 aromatic rings. The Hall–Kier alpha value is -2.83. The first-order valence-corrected chi connectivity index (χ1v) is 6.62. The molecule has 2 heterocycles. The third-order valence-corrected chi connectivity index (χ3v) is 3.36. The summed E-state index contributed by atoms with van der Waals surface area (Å²) >= 11 is 0. The number of ether oxygens (including phenoxy) is 1. The number of esters is 1. The highest BCUT2D eigenvalue weighted by Crippen LogP contribution is 2.28. The van der Waals surface area contributed by atoms with Crippen LogP contribution in [0.25, 0.3) is 5.69 Å². The van der Waals surface area contributed by atoms with E-state index in [0.717, 1.165) is 0 Å². The number of rotatable bonds is 2. The number of aromatic nitrogens is 2. The van der Waals surface area contributed by atoms with E-state index >= 15 is 0 Å². The van der Waals surface area contributed by atoms with Gasteiger partial charge in [0.2, 0.25) is 0 Å². The van der Waals surface area contributed by atoms with Crippen molar-refractivity contribution in [3.05, 3.63) is 41.5 Å². The lowest BCUT2D eigenvalue weighted by molar-refractivity contribution is 0.0516. The van der Waals surface area contributed by atoms with Crippen molar-refractivity contribution >= 4 is 11.9 Å². The van der Waals surface area contributed by atoms with Crippen LogP contribution in [0.3, 0.4) is 0 Å². The average molecular weight is 304 g/mol. The second-order valence-electron chi connectivity index (χ2n) is 4.72. The van der Waals surface area contributed by atoms with Crippen molar-refractivity contribution in [1.82, 2.24) is 14.5 Å². The Morgan fingerprint density at radius 3 is 3.09 bits per heavy atom. The van der Waals surface area contributed by atoms with Crippen molar-refractivity contribution < 1.29 is 23.5 Å². The topological polar surface area (TPSA) is 84.7 Å². The molecule has 114 valence electrons. The number of hydrogen-bond donors (Lipinski definition) is 1. The average Bonchev–Trinajstić information content (AvgIpc) is 2.89. The first-order valence-electron chi connectivity index (χ1n) is 8.12. The van der Waals surface area contributed by atoms with E-state index < -0.39 is 18.9 Å². The van der Waals surface area contributed by atoms with Gasteiger partial charge in [-0.15, -0.1) is 0 Å². The summed E-state index contributed by atoms with van der Waals surface area (Å²) in [6.07, 6.45) is 1.33. The highest BCUT2D eigenvalue weighted by molar-refractivity contribution is 5.99. The van der Waals surface area contributed by atoms with Gasteiger partial charge < -0.3 is 14.7 Å². The summed E-state index contributed by atoms with van der Waals surface area (Å²) in [7, 11) is 0. The lowest BCUT2D eigenvalue weighted by Crippen LogP contribution is -2.25. The molecule has 0 spiro atoms. The van der Waals surface area contributed by atoms with Crippen molar-refractivity contribution in [1.29, 1.82) is 0 Å². The van der Waals surface area contributed by atoms with E-state index in [1.807, 2.05) is 0 Å². The van der Waals surface area contributed by atoms with Gasteiger partial charge in [0.15, 0.2) is 5.69 Å². The normalized spacial score (nSPS) is 16.0. The number of hydrogen-bond acceptors (Lipinski definition) is 5. The van der Waals surface area contributed by atoms with Crippen molar-refractivity contribution in [2.45, 2.75) is 13.5 Å². The second kappa shape index (κ2) is 5.18. The van der Waals surface area contributed by atoms with Crippen molar-refractivity contribution in [2.75, 3.05) is 13.6 Å². The lowest BCUT2D eigenvalue weighted by atomic mass is 10.1. The fraction of sp³-hybridized carbons (Fsp3) is 0.267. The molecule has 0 saturated carbocycles. The van der Waals surface area contributed by atoms with Gasteiger partial charge >= 0.3 is 5.97 Å². The quantitative estimate of drug-likeness (QED) is 0.846. The monoisotopic (exact) mass is 304 g/mol. The van der Waals surface area contributed by atoms with Crippen LogP contribution in [0.15, 0.2) is 24.5 Å². The Morgan fingerprint density at radius 1 is 1.55 bits per heavy atom. The molecule has 0 fully saturated rings. The van der Waals surface area contributed by atoms with E-state index in [1.54, 1.807) is 6.92 Å². The summed E-state index contributed by atoms with van der Waals surface area (Å²) in [4.78, 5) is 29.5. The Labute approximate surface area is 131 Å². The number of carbonyl (C=O) groups is 2. The predicted octanol–water partition coefficient (Wildman–Crippen LogP) is 1.34. The number of imidazole rings is 1. The molecule has 7 nitrogen and oxygen atoms in total. The number of fused-ring (bicyclic) bond motifs is 3. The molecule has 1 aliphatic heterocycles. The van der Waals surface area contributed by atoms with Crippen LogP contribution in [0.4, 0.5) is 0 Å². The molecule has 0 aliphatic carbocycles. The van der Waals surface area contributed by atoms with Crippen LogP contribution >= 0.6 is 0 Å². The lowest BCUT2D eigenvalue weighted by Gasteiger charge is -2.14. The first-order chi connectivity index (χ1) is 11.7. The molecular weight excluding hydrogens is 286 g/mol. The van der Waals surface area contributed by atoms with Gasteiger partial charge in [-0.2, -0.15) is 0 Å². The minimum absolute atomic E-state index is 0.00249. The first kappa shape index (κ1) is 10.8. The molecule has 22 heavy (non-hydrogen) atoms. The minimum atomic E-state index is -2.73. The largest absolute Gasteiger partial charge is 0.508 e.